The molecule has 0 saturated carbocycles. The maximum atomic E-state index is 9.61. The zero-order chi connectivity index (χ0) is 12.3. The van der Waals surface area contributed by atoms with Crippen molar-refractivity contribution in [1.29, 1.82) is 0 Å². The van der Waals surface area contributed by atoms with E-state index in [2.05, 4.69) is 0 Å². The number of nitrogen functional groups attached to an aromatic ring is 1. The molecule has 1 aromatic carbocycles. The molecule has 1 aliphatic rings. The number of hydrogen-bond donors (Lipinski definition) is 3. The quantitative estimate of drug-likeness (QED) is 0.669. The third-order valence-corrected chi connectivity index (χ3v) is 2.69. The fourth-order valence-electron chi connectivity index (χ4n) is 1.84. The molecular weight excluding hydrogens is 222 g/mol. The van der Waals surface area contributed by atoms with E-state index < -0.39 is 12.4 Å². The second-order valence-corrected chi connectivity index (χ2v) is 4.18. The Morgan fingerprint density at radius 1 is 1.29 bits per heavy atom. The Morgan fingerprint density at radius 2 is 2.00 bits per heavy atom. The Kier molecular flexibility index (Phi) is 3.83. The predicted octanol–water partition coefficient (Wildman–Crippen LogP) is 0.506. The van der Waals surface area contributed by atoms with Gasteiger partial charge in [-0.05, 0) is 24.3 Å². The Hall–Kier alpha value is -1.30. The van der Waals surface area contributed by atoms with Gasteiger partial charge in [0.1, 0.15) is 5.75 Å². The summed E-state index contributed by atoms with van der Waals surface area (Å²) in [4.78, 5) is 0. The zero-order valence-electron chi connectivity index (χ0n) is 9.45. The molecule has 0 amide bonds. The largest absolute Gasteiger partial charge is 0.465 e. The number of hydrogen-bond acceptors (Lipinski definition) is 5. The Morgan fingerprint density at radius 3 is 2.65 bits per heavy atom. The van der Waals surface area contributed by atoms with Gasteiger partial charge in [0.15, 0.2) is 0 Å². The van der Waals surface area contributed by atoms with Crippen LogP contribution >= 0.6 is 0 Å². The molecule has 1 heterocycles. The second kappa shape index (κ2) is 5.35. The summed E-state index contributed by atoms with van der Waals surface area (Å²) in [6, 6.07) is 6.96. The molecule has 2 rings (SSSR count). The molecule has 3 unspecified atom stereocenters. The molecule has 1 aliphatic heterocycles. The first-order valence-electron chi connectivity index (χ1n) is 5.64. The molecule has 94 valence electrons. The molecule has 0 radical (unpaired) electrons. The van der Waals surface area contributed by atoms with Crippen LogP contribution < -0.4 is 10.5 Å². The fourth-order valence-corrected chi connectivity index (χ4v) is 1.84. The van der Waals surface area contributed by atoms with Gasteiger partial charge in [0, 0.05) is 18.5 Å². The normalized spacial score (nSPS) is 28.9. The lowest BCUT2D eigenvalue weighted by atomic mass is 10.1. The highest BCUT2D eigenvalue weighted by molar-refractivity contribution is 5.41. The number of rotatable bonds is 3. The van der Waals surface area contributed by atoms with Gasteiger partial charge in [0.05, 0.1) is 18.8 Å². The van der Waals surface area contributed by atoms with Crippen LogP contribution in [-0.2, 0) is 4.74 Å². The molecule has 5 nitrogen and oxygen atoms in total. The van der Waals surface area contributed by atoms with Crippen molar-refractivity contribution in [3.63, 3.8) is 0 Å². The number of aliphatic hydroxyl groups is 2. The lowest BCUT2D eigenvalue weighted by molar-refractivity contribution is -0.184. The van der Waals surface area contributed by atoms with E-state index in [1.54, 1.807) is 24.3 Å². The first-order valence-corrected chi connectivity index (χ1v) is 5.64. The smallest absolute Gasteiger partial charge is 0.202 e. The van der Waals surface area contributed by atoms with Crippen LogP contribution in [0.15, 0.2) is 24.3 Å². The van der Waals surface area contributed by atoms with E-state index in [9.17, 15) is 5.11 Å². The number of anilines is 1. The SMILES string of the molecule is Nc1ccc(OC2CC(O)CC(CO)O2)cc1. The Balaban J connectivity index is 1.95. The van der Waals surface area contributed by atoms with Crippen LogP contribution in [-0.4, -0.2) is 35.3 Å². The van der Waals surface area contributed by atoms with Crippen LogP contribution in [0.4, 0.5) is 5.69 Å². The van der Waals surface area contributed by atoms with Crippen LogP contribution in [0.5, 0.6) is 5.75 Å². The average molecular weight is 239 g/mol. The van der Waals surface area contributed by atoms with E-state index in [1.165, 1.54) is 0 Å². The van der Waals surface area contributed by atoms with E-state index in [4.69, 9.17) is 20.3 Å². The summed E-state index contributed by atoms with van der Waals surface area (Å²) in [5.74, 6) is 0.634. The molecule has 1 aromatic rings. The van der Waals surface area contributed by atoms with E-state index in [1.807, 2.05) is 0 Å². The van der Waals surface area contributed by atoms with E-state index in [-0.39, 0.29) is 12.7 Å². The van der Waals surface area contributed by atoms with Crippen molar-refractivity contribution in [3.8, 4) is 5.75 Å². The minimum atomic E-state index is -0.528. The molecule has 0 spiro atoms. The van der Waals surface area contributed by atoms with E-state index >= 15 is 0 Å². The van der Waals surface area contributed by atoms with Crippen LogP contribution in [0.25, 0.3) is 0 Å². The van der Waals surface area contributed by atoms with Gasteiger partial charge >= 0.3 is 0 Å². The third kappa shape index (κ3) is 3.33. The zero-order valence-corrected chi connectivity index (χ0v) is 9.45. The average Bonchev–Trinajstić information content (AvgIpc) is 2.31. The van der Waals surface area contributed by atoms with E-state index in [0.717, 1.165) is 0 Å². The lowest BCUT2D eigenvalue weighted by Gasteiger charge is -2.32. The standard InChI is InChI=1S/C12H17NO4/c13-8-1-3-10(4-2-8)16-12-6-9(15)5-11(7-14)17-12/h1-4,9,11-12,14-15H,5-7,13H2. The monoisotopic (exact) mass is 239 g/mol. The van der Waals surface area contributed by atoms with Crippen LogP contribution in [0, 0.1) is 0 Å². The summed E-state index contributed by atoms with van der Waals surface area (Å²) in [6.45, 7) is -0.112. The molecule has 4 N–H and O–H groups in total. The molecule has 0 bridgehead atoms. The van der Waals surface area contributed by atoms with Gasteiger partial charge in [-0.1, -0.05) is 0 Å². The minimum absolute atomic E-state index is 0.112. The fraction of sp³-hybridized carbons (Fsp3) is 0.500. The van der Waals surface area contributed by atoms with Crippen molar-refractivity contribution < 1.29 is 19.7 Å². The first kappa shape index (κ1) is 12.2. The molecule has 0 aliphatic carbocycles. The summed E-state index contributed by atoms with van der Waals surface area (Å²) >= 11 is 0. The van der Waals surface area contributed by atoms with Crippen molar-refractivity contribution in [3.05, 3.63) is 24.3 Å². The van der Waals surface area contributed by atoms with Gasteiger partial charge in [-0.2, -0.15) is 0 Å². The van der Waals surface area contributed by atoms with Crippen LogP contribution in [0.3, 0.4) is 0 Å². The summed E-state index contributed by atoms with van der Waals surface area (Å²) < 4.78 is 11.0. The number of aliphatic hydroxyl groups excluding tert-OH is 2. The summed E-state index contributed by atoms with van der Waals surface area (Å²) in [5.41, 5.74) is 6.23. The van der Waals surface area contributed by atoms with Crippen molar-refractivity contribution in [1.82, 2.24) is 0 Å². The maximum Gasteiger partial charge on any atom is 0.202 e. The summed E-state index contributed by atoms with van der Waals surface area (Å²) in [5, 5.41) is 18.6. The van der Waals surface area contributed by atoms with Gasteiger partial charge in [0.25, 0.3) is 0 Å². The predicted molar refractivity (Wildman–Crippen MR) is 62.5 cm³/mol. The van der Waals surface area contributed by atoms with Crippen LogP contribution in [0.1, 0.15) is 12.8 Å². The topological polar surface area (TPSA) is 84.9 Å². The van der Waals surface area contributed by atoms with Gasteiger partial charge < -0.3 is 25.4 Å². The van der Waals surface area contributed by atoms with Gasteiger partial charge in [-0.3, -0.25) is 0 Å². The summed E-state index contributed by atoms with van der Waals surface area (Å²) in [7, 11) is 0. The molecule has 3 atom stereocenters. The molecule has 0 aromatic heterocycles. The van der Waals surface area contributed by atoms with Gasteiger partial charge in [-0.15, -0.1) is 0 Å². The van der Waals surface area contributed by atoms with Crippen molar-refractivity contribution >= 4 is 5.69 Å². The molecule has 1 saturated heterocycles. The second-order valence-electron chi connectivity index (χ2n) is 4.18. The Labute approximate surface area is 99.8 Å². The minimum Gasteiger partial charge on any atom is -0.465 e. The highest BCUT2D eigenvalue weighted by Gasteiger charge is 2.29. The van der Waals surface area contributed by atoms with Gasteiger partial charge in [-0.25, -0.2) is 0 Å². The molecule has 1 fully saturated rings. The third-order valence-electron chi connectivity index (χ3n) is 2.69. The van der Waals surface area contributed by atoms with Crippen molar-refractivity contribution in [2.75, 3.05) is 12.3 Å². The highest BCUT2D eigenvalue weighted by atomic mass is 16.7. The lowest BCUT2D eigenvalue weighted by Crippen LogP contribution is -2.40. The number of ether oxygens (including phenoxy) is 2. The molecule has 17 heavy (non-hydrogen) atoms. The molecular formula is C12H17NO4. The maximum absolute atomic E-state index is 9.61. The Bertz CT molecular complexity index is 354. The highest BCUT2D eigenvalue weighted by Crippen LogP contribution is 2.23. The first-order chi connectivity index (χ1) is 8.17. The van der Waals surface area contributed by atoms with Crippen LogP contribution in [0.2, 0.25) is 0 Å². The van der Waals surface area contributed by atoms with E-state index in [0.29, 0.717) is 24.3 Å². The number of nitrogens with two attached hydrogens (primary N) is 1. The van der Waals surface area contributed by atoms with Crippen molar-refractivity contribution in [2.24, 2.45) is 0 Å². The molecule has 5 heteroatoms. The number of benzene rings is 1. The van der Waals surface area contributed by atoms with Gasteiger partial charge in [0.2, 0.25) is 6.29 Å². The van der Waals surface area contributed by atoms with Crippen molar-refractivity contribution in [2.45, 2.75) is 31.3 Å². The summed E-state index contributed by atoms with van der Waals surface area (Å²) in [6.07, 6.45) is -0.546.